The third-order valence-corrected chi connectivity index (χ3v) is 5.01. The molecule has 23 heavy (non-hydrogen) atoms. The molecular formula is C17H16N2O3S. The van der Waals surface area contributed by atoms with Crippen molar-refractivity contribution in [3.8, 4) is 12.3 Å². The van der Waals surface area contributed by atoms with Crippen LogP contribution < -0.4 is 9.62 Å². The summed E-state index contributed by atoms with van der Waals surface area (Å²) in [5.74, 6) is 2.26. The summed E-state index contributed by atoms with van der Waals surface area (Å²) in [6.45, 7) is 1.39. The Labute approximate surface area is 136 Å². The van der Waals surface area contributed by atoms with E-state index < -0.39 is 10.0 Å². The van der Waals surface area contributed by atoms with Gasteiger partial charge in [-0.1, -0.05) is 12.0 Å². The zero-order valence-corrected chi connectivity index (χ0v) is 13.6. The van der Waals surface area contributed by atoms with Gasteiger partial charge in [0.05, 0.1) is 10.6 Å². The number of carbonyl (C=O) groups excluding carboxylic acids is 1. The molecule has 1 N–H and O–H groups in total. The SMILES string of the molecule is C#Cc1cccc(N(C)S(=O)(=O)c2ccc(NC(C)=O)cc2)c1. The van der Waals surface area contributed by atoms with E-state index in [1.54, 1.807) is 36.4 Å². The van der Waals surface area contributed by atoms with E-state index in [0.29, 0.717) is 16.9 Å². The summed E-state index contributed by atoms with van der Waals surface area (Å²) in [5, 5.41) is 2.59. The minimum atomic E-state index is -3.71. The Morgan fingerprint density at radius 1 is 1.17 bits per heavy atom. The lowest BCUT2D eigenvalue weighted by molar-refractivity contribution is -0.114. The maximum absolute atomic E-state index is 12.7. The lowest BCUT2D eigenvalue weighted by Gasteiger charge is -2.20. The fraction of sp³-hybridized carbons (Fsp3) is 0.118. The van der Waals surface area contributed by atoms with Gasteiger partial charge in [0, 0.05) is 25.2 Å². The molecule has 0 aromatic heterocycles. The van der Waals surface area contributed by atoms with Crippen LogP contribution in [0.1, 0.15) is 12.5 Å². The van der Waals surface area contributed by atoms with Crippen LogP contribution in [0.2, 0.25) is 0 Å². The summed E-state index contributed by atoms with van der Waals surface area (Å²) < 4.78 is 26.5. The summed E-state index contributed by atoms with van der Waals surface area (Å²) in [5.41, 5.74) is 1.62. The Morgan fingerprint density at radius 3 is 2.39 bits per heavy atom. The fourth-order valence-electron chi connectivity index (χ4n) is 2.00. The van der Waals surface area contributed by atoms with Crippen molar-refractivity contribution >= 4 is 27.3 Å². The van der Waals surface area contributed by atoms with Crippen molar-refractivity contribution in [2.75, 3.05) is 16.7 Å². The van der Waals surface area contributed by atoms with E-state index in [1.165, 1.54) is 30.4 Å². The molecule has 0 saturated carbocycles. The molecule has 0 unspecified atom stereocenters. The monoisotopic (exact) mass is 328 g/mol. The average molecular weight is 328 g/mol. The van der Waals surface area contributed by atoms with Crippen molar-refractivity contribution in [1.29, 1.82) is 0 Å². The highest BCUT2D eigenvalue weighted by Gasteiger charge is 2.21. The Morgan fingerprint density at radius 2 is 1.83 bits per heavy atom. The molecule has 0 radical (unpaired) electrons. The summed E-state index contributed by atoms with van der Waals surface area (Å²) in [6, 6.07) is 12.7. The van der Waals surface area contributed by atoms with Crippen molar-refractivity contribution in [2.45, 2.75) is 11.8 Å². The maximum atomic E-state index is 12.7. The maximum Gasteiger partial charge on any atom is 0.264 e. The topological polar surface area (TPSA) is 66.5 Å². The standard InChI is InChI=1S/C17H16N2O3S/c1-4-14-6-5-7-16(12-14)19(3)23(21,22)17-10-8-15(9-11-17)18-13(2)20/h1,5-12H,2-3H3,(H,18,20). The molecule has 6 heteroatoms. The molecule has 0 bridgehead atoms. The molecule has 1 amide bonds. The summed E-state index contributed by atoms with van der Waals surface area (Å²) in [7, 11) is -2.25. The van der Waals surface area contributed by atoms with Gasteiger partial charge in [-0.25, -0.2) is 8.42 Å². The van der Waals surface area contributed by atoms with E-state index in [9.17, 15) is 13.2 Å². The number of rotatable bonds is 4. The van der Waals surface area contributed by atoms with Gasteiger partial charge in [-0.15, -0.1) is 6.42 Å². The van der Waals surface area contributed by atoms with Crippen LogP contribution in [0.15, 0.2) is 53.4 Å². The highest BCUT2D eigenvalue weighted by atomic mass is 32.2. The van der Waals surface area contributed by atoms with E-state index in [4.69, 9.17) is 6.42 Å². The van der Waals surface area contributed by atoms with Gasteiger partial charge >= 0.3 is 0 Å². The number of nitrogens with zero attached hydrogens (tertiary/aromatic N) is 1. The first-order valence-electron chi connectivity index (χ1n) is 6.78. The van der Waals surface area contributed by atoms with Crippen LogP contribution in [0.3, 0.4) is 0 Å². The van der Waals surface area contributed by atoms with E-state index in [1.807, 2.05) is 0 Å². The van der Waals surface area contributed by atoms with Crippen molar-refractivity contribution in [1.82, 2.24) is 0 Å². The Kier molecular flexibility index (Phi) is 4.72. The van der Waals surface area contributed by atoms with Gasteiger partial charge < -0.3 is 5.32 Å². The van der Waals surface area contributed by atoms with Gasteiger partial charge in [0.25, 0.3) is 10.0 Å². The number of amides is 1. The molecule has 0 fully saturated rings. The largest absolute Gasteiger partial charge is 0.326 e. The van der Waals surface area contributed by atoms with Crippen molar-refractivity contribution in [3.63, 3.8) is 0 Å². The smallest absolute Gasteiger partial charge is 0.264 e. The number of carbonyl (C=O) groups is 1. The zero-order chi connectivity index (χ0) is 17.0. The van der Waals surface area contributed by atoms with E-state index in [-0.39, 0.29) is 10.8 Å². The predicted molar refractivity (Wildman–Crippen MR) is 90.7 cm³/mol. The Hall–Kier alpha value is -2.78. The van der Waals surface area contributed by atoms with E-state index >= 15 is 0 Å². The van der Waals surface area contributed by atoms with Gasteiger partial charge in [0.2, 0.25) is 5.91 Å². The molecule has 2 aromatic carbocycles. The minimum absolute atomic E-state index is 0.125. The quantitative estimate of drug-likeness (QED) is 0.877. The summed E-state index contributed by atoms with van der Waals surface area (Å²) in [6.07, 6.45) is 5.34. The van der Waals surface area contributed by atoms with Crippen LogP contribution in [0.5, 0.6) is 0 Å². The van der Waals surface area contributed by atoms with Crippen LogP contribution in [0.25, 0.3) is 0 Å². The van der Waals surface area contributed by atoms with Crippen molar-refractivity contribution in [3.05, 3.63) is 54.1 Å². The molecule has 0 aliphatic carbocycles. The molecule has 0 aliphatic heterocycles. The molecule has 118 valence electrons. The number of nitrogens with one attached hydrogen (secondary N) is 1. The molecule has 0 spiro atoms. The molecular weight excluding hydrogens is 312 g/mol. The highest BCUT2D eigenvalue weighted by Crippen LogP contribution is 2.23. The second kappa shape index (κ2) is 6.55. The van der Waals surface area contributed by atoms with Gasteiger partial charge in [-0.05, 0) is 42.5 Å². The van der Waals surface area contributed by atoms with Crippen molar-refractivity contribution < 1.29 is 13.2 Å². The number of hydrogen-bond acceptors (Lipinski definition) is 3. The molecule has 2 aromatic rings. The minimum Gasteiger partial charge on any atom is -0.326 e. The van der Waals surface area contributed by atoms with E-state index in [2.05, 4.69) is 11.2 Å². The molecule has 2 rings (SSSR count). The van der Waals surface area contributed by atoms with Crippen LogP contribution in [0.4, 0.5) is 11.4 Å². The Balaban J connectivity index is 2.33. The second-order valence-corrected chi connectivity index (χ2v) is 6.84. The van der Waals surface area contributed by atoms with E-state index in [0.717, 1.165) is 0 Å². The van der Waals surface area contributed by atoms with Gasteiger partial charge in [-0.3, -0.25) is 9.10 Å². The lowest BCUT2D eigenvalue weighted by atomic mass is 10.2. The number of sulfonamides is 1. The zero-order valence-electron chi connectivity index (χ0n) is 12.8. The van der Waals surface area contributed by atoms with Gasteiger partial charge in [-0.2, -0.15) is 0 Å². The van der Waals surface area contributed by atoms with Crippen LogP contribution in [-0.4, -0.2) is 21.4 Å². The first-order chi connectivity index (χ1) is 10.8. The highest BCUT2D eigenvalue weighted by molar-refractivity contribution is 7.92. The van der Waals surface area contributed by atoms with Crippen LogP contribution in [-0.2, 0) is 14.8 Å². The molecule has 0 heterocycles. The number of benzene rings is 2. The van der Waals surface area contributed by atoms with Gasteiger partial charge in [0.15, 0.2) is 0 Å². The number of anilines is 2. The van der Waals surface area contributed by atoms with Gasteiger partial charge in [0.1, 0.15) is 0 Å². The second-order valence-electron chi connectivity index (χ2n) is 4.87. The molecule has 0 saturated heterocycles. The first-order valence-corrected chi connectivity index (χ1v) is 8.22. The molecule has 0 atom stereocenters. The first kappa shape index (κ1) is 16.6. The number of hydrogen-bond donors (Lipinski definition) is 1. The number of terminal acetylenes is 1. The normalized spacial score (nSPS) is 10.7. The van der Waals surface area contributed by atoms with Crippen molar-refractivity contribution in [2.24, 2.45) is 0 Å². The summed E-state index contributed by atoms with van der Waals surface area (Å²) in [4.78, 5) is 11.1. The Bertz CT molecular complexity index is 865. The third kappa shape index (κ3) is 3.71. The lowest BCUT2D eigenvalue weighted by Crippen LogP contribution is -2.26. The average Bonchev–Trinajstić information content (AvgIpc) is 2.54. The summed E-state index contributed by atoms with van der Waals surface area (Å²) >= 11 is 0. The third-order valence-electron chi connectivity index (χ3n) is 3.21. The van der Waals surface area contributed by atoms with Crippen LogP contribution >= 0.6 is 0 Å². The molecule has 5 nitrogen and oxygen atoms in total. The van der Waals surface area contributed by atoms with Crippen LogP contribution in [0, 0.1) is 12.3 Å². The fourth-order valence-corrected chi connectivity index (χ4v) is 3.19. The predicted octanol–water partition coefficient (Wildman–Crippen LogP) is 2.45. The molecule has 0 aliphatic rings.